The monoisotopic (exact) mass is 298 g/mol. The Morgan fingerprint density at radius 2 is 1.91 bits per heavy atom. The van der Waals surface area contributed by atoms with Gasteiger partial charge in [0.2, 0.25) is 0 Å². The minimum atomic E-state index is -0.591. The fourth-order valence-electron chi connectivity index (χ4n) is 2.01. The molecule has 22 heavy (non-hydrogen) atoms. The van der Waals surface area contributed by atoms with E-state index in [-0.39, 0.29) is 18.1 Å². The van der Waals surface area contributed by atoms with Crippen molar-refractivity contribution in [1.82, 2.24) is 0 Å². The number of ether oxygens (including phenoxy) is 1. The highest BCUT2D eigenvalue weighted by molar-refractivity contribution is 5.96. The molecule has 0 radical (unpaired) electrons. The predicted octanol–water partition coefficient (Wildman–Crippen LogP) is 2.37. The Labute approximate surface area is 129 Å². The Morgan fingerprint density at radius 1 is 1.14 bits per heavy atom. The molecule has 0 aromatic heterocycles. The van der Waals surface area contributed by atoms with Gasteiger partial charge >= 0.3 is 0 Å². The average molecular weight is 298 g/mol. The summed E-state index contributed by atoms with van der Waals surface area (Å²) in [6, 6.07) is 14.2. The predicted molar refractivity (Wildman–Crippen MR) is 84.9 cm³/mol. The maximum Gasteiger partial charge on any atom is 0.262 e. The smallest absolute Gasteiger partial charge is 0.262 e. The molecule has 5 heteroatoms. The van der Waals surface area contributed by atoms with Gasteiger partial charge in [0.05, 0.1) is 5.56 Å². The summed E-state index contributed by atoms with van der Waals surface area (Å²) in [5.74, 6) is -0.591. The van der Waals surface area contributed by atoms with E-state index >= 15 is 0 Å². The molecule has 0 unspecified atom stereocenters. The molecule has 2 rings (SSSR count). The number of primary amides is 1. The van der Waals surface area contributed by atoms with E-state index in [1.165, 1.54) is 0 Å². The number of hydrogen-bond acceptors (Lipinski definition) is 3. The summed E-state index contributed by atoms with van der Waals surface area (Å²) < 4.78 is 5.38. The quantitative estimate of drug-likeness (QED) is 0.859. The Kier molecular flexibility index (Phi) is 5.14. The summed E-state index contributed by atoms with van der Waals surface area (Å²) in [7, 11) is 0. The number of rotatable bonds is 6. The van der Waals surface area contributed by atoms with E-state index in [1.807, 2.05) is 31.2 Å². The third kappa shape index (κ3) is 4.09. The number of nitrogens with one attached hydrogen (secondary N) is 1. The van der Waals surface area contributed by atoms with Crippen LogP contribution in [0.4, 0.5) is 5.69 Å². The van der Waals surface area contributed by atoms with Crippen LogP contribution in [-0.4, -0.2) is 18.4 Å². The van der Waals surface area contributed by atoms with E-state index in [2.05, 4.69) is 5.32 Å². The Morgan fingerprint density at radius 3 is 2.64 bits per heavy atom. The van der Waals surface area contributed by atoms with Crippen LogP contribution in [0.2, 0.25) is 0 Å². The second kappa shape index (κ2) is 7.26. The summed E-state index contributed by atoms with van der Waals surface area (Å²) in [6.45, 7) is 1.85. The first-order valence-corrected chi connectivity index (χ1v) is 7.00. The lowest BCUT2D eigenvalue weighted by atomic mass is 10.1. The molecule has 3 N–H and O–H groups in total. The molecule has 2 aromatic carbocycles. The first-order valence-electron chi connectivity index (χ1n) is 7.00. The van der Waals surface area contributed by atoms with Crippen LogP contribution in [0, 0.1) is 0 Å². The normalized spacial score (nSPS) is 10.0. The summed E-state index contributed by atoms with van der Waals surface area (Å²) in [6.07, 6.45) is 0.895. The van der Waals surface area contributed by atoms with Gasteiger partial charge in [-0.3, -0.25) is 9.59 Å². The molecule has 0 fully saturated rings. The van der Waals surface area contributed by atoms with Gasteiger partial charge in [0.15, 0.2) is 6.61 Å². The Balaban J connectivity index is 1.97. The molecular weight excluding hydrogens is 280 g/mol. The number of carbonyl (C=O) groups excluding carboxylic acids is 2. The lowest BCUT2D eigenvalue weighted by Crippen LogP contribution is -2.21. The van der Waals surface area contributed by atoms with Crippen molar-refractivity contribution in [3.63, 3.8) is 0 Å². The third-order valence-electron chi connectivity index (χ3n) is 3.13. The average Bonchev–Trinajstić information content (AvgIpc) is 2.53. The first kappa shape index (κ1) is 15.6. The van der Waals surface area contributed by atoms with Crippen LogP contribution in [-0.2, 0) is 11.2 Å². The van der Waals surface area contributed by atoms with Crippen LogP contribution in [0.25, 0.3) is 0 Å². The van der Waals surface area contributed by atoms with Gasteiger partial charge in [-0.1, -0.05) is 31.2 Å². The molecule has 0 aliphatic rings. The summed E-state index contributed by atoms with van der Waals surface area (Å²) >= 11 is 0. The van der Waals surface area contributed by atoms with Crippen molar-refractivity contribution in [2.24, 2.45) is 5.73 Å². The van der Waals surface area contributed by atoms with Crippen molar-refractivity contribution >= 4 is 17.5 Å². The molecule has 0 bridgehead atoms. The molecule has 5 nitrogen and oxygen atoms in total. The highest BCUT2D eigenvalue weighted by Crippen LogP contribution is 2.17. The molecule has 2 amide bonds. The van der Waals surface area contributed by atoms with Crippen LogP contribution < -0.4 is 15.8 Å². The number of anilines is 1. The number of hydrogen-bond donors (Lipinski definition) is 2. The molecule has 0 heterocycles. The van der Waals surface area contributed by atoms with Gasteiger partial charge in [0.25, 0.3) is 11.8 Å². The maximum atomic E-state index is 11.9. The Hall–Kier alpha value is -2.82. The highest BCUT2D eigenvalue weighted by atomic mass is 16.5. The lowest BCUT2D eigenvalue weighted by Gasteiger charge is -2.10. The van der Waals surface area contributed by atoms with Crippen molar-refractivity contribution in [3.05, 3.63) is 59.7 Å². The highest BCUT2D eigenvalue weighted by Gasteiger charge is 2.10. The maximum absolute atomic E-state index is 11.9. The SMILES string of the molecule is CCc1cccc(NC(=O)COc2ccccc2C(N)=O)c1. The number of nitrogens with two attached hydrogens (primary N) is 1. The Bertz CT molecular complexity index is 683. The van der Waals surface area contributed by atoms with Crippen LogP contribution in [0.1, 0.15) is 22.8 Å². The van der Waals surface area contributed by atoms with Crippen molar-refractivity contribution < 1.29 is 14.3 Å². The summed E-state index contributed by atoms with van der Waals surface area (Å²) in [4.78, 5) is 23.2. The van der Waals surface area contributed by atoms with Crippen molar-refractivity contribution in [2.45, 2.75) is 13.3 Å². The molecule has 0 saturated heterocycles. The van der Waals surface area contributed by atoms with Gasteiger partial charge in [0.1, 0.15) is 5.75 Å². The summed E-state index contributed by atoms with van der Waals surface area (Å²) in [5.41, 5.74) is 7.37. The van der Waals surface area contributed by atoms with E-state index in [4.69, 9.17) is 10.5 Å². The molecular formula is C17H18N2O3. The second-order valence-corrected chi connectivity index (χ2v) is 4.75. The van der Waals surface area contributed by atoms with E-state index in [1.54, 1.807) is 24.3 Å². The van der Waals surface area contributed by atoms with Crippen LogP contribution in [0.3, 0.4) is 0 Å². The fraction of sp³-hybridized carbons (Fsp3) is 0.176. The van der Waals surface area contributed by atoms with E-state index in [9.17, 15) is 9.59 Å². The largest absolute Gasteiger partial charge is 0.483 e. The minimum Gasteiger partial charge on any atom is -0.483 e. The van der Waals surface area contributed by atoms with Crippen LogP contribution in [0.5, 0.6) is 5.75 Å². The third-order valence-corrected chi connectivity index (χ3v) is 3.13. The van der Waals surface area contributed by atoms with Gasteiger partial charge in [0, 0.05) is 5.69 Å². The van der Waals surface area contributed by atoms with E-state index < -0.39 is 5.91 Å². The molecule has 114 valence electrons. The molecule has 0 aliphatic heterocycles. The molecule has 0 spiro atoms. The zero-order valence-electron chi connectivity index (χ0n) is 12.3. The zero-order chi connectivity index (χ0) is 15.9. The second-order valence-electron chi connectivity index (χ2n) is 4.75. The van der Waals surface area contributed by atoms with Crippen molar-refractivity contribution in [2.75, 3.05) is 11.9 Å². The molecule has 0 aliphatic carbocycles. The van der Waals surface area contributed by atoms with Crippen molar-refractivity contribution in [1.29, 1.82) is 0 Å². The van der Waals surface area contributed by atoms with Crippen LogP contribution in [0.15, 0.2) is 48.5 Å². The standard InChI is InChI=1S/C17H18N2O3/c1-2-12-6-5-7-13(10-12)19-16(20)11-22-15-9-4-3-8-14(15)17(18)21/h3-10H,2,11H2,1H3,(H2,18,21)(H,19,20). The van der Waals surface area contributed by atoms with Gasteiger partial charge in [-0.05, 0) is 36.2 Å². The number of amides is 2. The van der Waals surface area contributed by atoms with Gasteiger partial charge in [-0.2, -0.15) is 0 Å². The fourth-order valence-corrected chi connectivity index (χ4v) is 2.01. The van der Waals surface area contributed by atoms with E-state index in [0.717, 1.165) is 17.7 Å². The number of para-hydroxylation sites is 1. The summed E-state index contributed by atoms with van der Waals surface area (Å²) in [5, 5.41) is 2.76. The molecule has 2 aromatic rings. The number of aryl methyl sites for hydroxylation is 1. The van der Waals surface area contributed by atoms with Gasteiger partial charge in [-0.25, -0.2) is 0 Å². The first-order chi connectivity index (χ1) is 10.6. The number of benzene rings is 2. The topological polar surface area (TPSA) is 81.4 Å². The molecule has 0 atom stereocenters. The van der Waals surface area contributed by atoms with Crippen LogP contribution >= 0.6 is 0 Å². The number of carbonyl (C=O) groups is 2. The van der Waals surface area contributed by atoms with E-state index in [0.29, 0.717) is 5.75 Å². The van der Waals surface area contributed by atoms with Gasteiger partial charge < -0.3 is 15.8 Å². The molecule has 0 saturated carbocycles. The minimum absolute atomic E-state index is 0.194. The lowest BCUT2D eigenvalue weighted by molar-refractivity contribution is -0.118. The zero-order valence-corrected chi connectivity index (χ0v) is 12.3. The van der Waals surface area contributed by atoms with Gasteiger partial charge in [-0.15, -0.1) is 0 Å². The van der Waals surface area contributed by atoms with Crippen molar-refractivity contribution in [3.8, 4) is 5.75 Å².